The summed E-state index contributed by atoms with van der Waals surface area (Å²) < 4.78 is 4.74. The molecule has 3 saturated carbocycles. The molecule has 15 heavy (non-hydrogen) atoms. The van der Waals surface area contributed by atoms with Crippen LogP contribution in [0.3, 0.4) is 0 Å². The Kier molecular flexibility index (Phi) is 2.67. The highest BCUT2D eigenvalue weighted by atomic mass is 16.5. The third-order valence-corrected chi connectivity index (χ3v) is 3.94. The zero-order chi connectivity index (χ0) is 11.0. The van der Waals surface area contributed by atoms with Gasteiger partial charge in [0.25, 0.3) is 0 Å². The monoisotopic (exact) mass is 212 g/mol. The van der Waals surface area contributed by atoms with E-state index in [0.717, 1.165) is 25.7 Å². The number of ether oxygens (including phenoxy) is 1. The summed E-state index contributed by atoms with van der Waals surface area (Å²) in [4.78, 5) is 22.6. The van der Waals surface area contributed by atoms with Crippen molar-refractivity contribution in [3.8, 4) is 0 Å². The zero-order valence-corrected chi connectivity index (χ0v) is 8.81. The van der Waals surface area contributed by atoms with Gasteiger partial charge in [-0.25, -0.2) is 0 Å². The van der Waals surface area contributed by atoms with Crippen LogP contribution in [-0.2, 0) is 14.3 Å². The number of hydrogen-bond donors (Lipinski definition) is 1. The molecule has 0 radical (unpaired) electrons. The van der Waals surface area contributed by atoms with Crippen LogP contribution in [0.25, 0.3) is 0 Å². The second-order valence-corrected chi connectivity index (χ2v) is 4.65. The molecular formula is C11H16O4. The van der Waals surface area contributed by atoms with Crippen LogP contribution in [0, 0.1) is 23.7 Å². The third-order valence-electron chi connectivity index (χ3n) is 3.94. The Morgan fingerprint density at radius 2 is 1.87 bits per heavy atom. The van der Waals surface area contributed by atoms with E-state index in [2.05, 4.69) is 0 Å². The van der Waals surface area contributed by atoms with Gasteiger partial charge in [-0.2, -0.15) is 0 Å². The van der Waals surface area contributed by atoms with Gasteiger partial charge >= 0.3 is 11.9 Å². The third kappa shape index (κ3) is 1.73. The molecule has 0 spiro atoms. The Labute approximate surface area is 88.6 Å². The van der Waals surface area contributed by atoms with Crippen LogP contribution < -0.4 is 0 Å². The summed E-state index contributed by atoms with van der Waals surface area (Å²) in [6.45, 7) is 0. The van der Waals surface area contributed by atoms with E-state index in [1.807, 2.05) is 0 Å². The maximum Gasteiger partial charge on any atom is 0.308 e. The minimum atomic E-state index is -0.752. The van der Waals surface area contributed by atoms with Crippen molar-refractivity contribution in [2.45, 2.75) is 25.7 Å². The van der Waals surface area contributed by atoms with Gasteiger partial charge in [0.1, 0.15) is 0 Å². The van der Waals surface area contributed by atoms with Crippen LogP contribution in [0.2, 0.25) is 0 Å². The van der Waals surface area contributed by atoms with E-state index in [1.165, 1.54) is 7.11 Å². The Bertz CT molecular complexity index is 286. The van der Waals surface area contributed by atoms with Gasteiger partial charge in [0.15, 0.2) is 0 Å². The maximum atomic E-state index is 11.5. The molecule has 0 amide bonds. The molecule has 2 bridgehead atoms. The van der Waals surface area contributed by atoms with E-state index in [0.29, 0.717) is 5.92 Å². The summed E-state index contributed by atoms with van der Waals surface area (Å²) in [5.41, 5.74) is 0. The first kappa shape index (κ1) is 10.5. The molecule has 3 aliphatic rings. The predicted molar refractivity (Wildman–Crippen MR) is 52.1 cm³/mol. The molecule has 3 aliphatic carbocycles. The summed E-state index contributed by atoms with van der Waals surface area (Å²) in [7, 11) is 1.38. The van der Waals surface area contributed by atoms with Crippen molar-refractivity contribution >= 4 is 11.9 Å². The molecule has 0 aromatic rings. The fourth-order valence-electron chi connectivity index (χ4n) is 3.22. The average molecular weight is 212 g/mol. The number of carboxylic acids is 1. The topological polar surface area (TPSA) is 63.6 Å². The highest BCUT2D eigenvalue weighted by molar-refractivity contribution is 5.76. The van der Waals surface area contributed by atoms with Gasteiger partial charge in [-0.05, 0) is 31.1 Å². The van der Waals surface area contributed by atoms with E-state index in [1.54, 1.807) is 0 Å². The van der Waals surface area contributed by atoms with Crippen LogP contribution in [0.1, 0.15) is 25.7 Å². The molecule has 4 nitrogen and oxygen atoms in total. The van der Waals surface area contributed by atoms with Crippen molar-refractivity contribution in [2.75, 3.05) is 7.11 Å². The minimum Gasteiger partial charge on any atom is -0.481 e. The second kappa shape index (κ2) is 3.83. The molecule has 84 valence electrons. The minimum absolute atomic E-state index is 0.0000463. The van der Waals surface area contributed by atoms with Crippen molar-refractivity contribution in [1.29, 1.82) is 0 Å². The molecule has 0 aliphatic heterocycles. The number of hydrogen-bond acceptors (Lipinski definition) is 3. The van der Waals surface area contributed by atoms with E-state index in [9.17, 15) is 9.59 Å². The molecule has 4 atom stereocenters. The Hall–Kier alpha value is -1.06. The first-order valence-electron chi connectivity index (χ1n) is 5.44. The standard InChI is InChI=1S/C11H16O4/c1-15-11(14)9-5-6-2-3-7(9)8(4-6)10(12)13/h6-9H,2-5H2,1H3,(H,12,13). The SMILES string of the molecule is COC(=O)C1CC2CCC1C(C(=O)O)C2. The first-order valence-corrected chi connectivity index (χ1v) is 5.44. The Balaban J connectivity index is 2.16. The lowest BCUT2D eigenvalue weighted by Gasteiger charge is -2.44. The smallest absolute Gasteiger partial charge is 0.308 e. The number of rotatable bonds is 2. The highest BCUT2D eigenvalue weighted by Crippen LogP contribution is 2.48. The molecule has 1 N–H and O–H groups in total. The van der Waals surface area contributed by atoms with E-state index < -0.39 is 5.97 Å². The number of aliphatic carboxylic acids is 1. The van der Waals surface area contributed by atoms with E-state index >= 15 is 0 Å². The first-order chi connectivity index (χ1) is 7.13. The van der Waals surface area contributed by atoms with Gasteiger partial charge in [0.2, 0.25) is 0 Å². The summed E-state index contributed by atoms with van der Waals surface area (Å²) in [5.74, 6) is -1.08. The van der Waals surface area contributed by atoms with Gasteiger partial charge in [0, 0.05) is 0 Å². The maximum absolute atomic E-state index is 11.5. The summed E-state index contributed by atoms with van der Waals surface area (Å²) in [6, 6.07) is 0. The number of fused-ring (bicyclic) bond motifs is 3. The van der Waals surface area contributed by atoms with Gasteiger partial charge in [-0.1, -0.05) is 6.42 Å². The lowest BCUT2D eigenvalue weighted by atomic mass is 9.59. The normalized spacial score (nSPS) is 38.7. The quantitative estimate of drug-likeness (QED) is 0.701. The lowest BCUT2D eigenvalue weighted by Crippen LogP contribution is -2.45. The van der Waals surface area contributed by atoms with Crippen LogP contribution in [0.5, 0.6) is 0 Å². The molecule has 4 heteroatoms. The van der Waals surface area contributed by atoms with Crippen LogP contribution in [-0.4, -0.2) is 24.2 Å². The summed E-state index contributed by atoms with van der Waals surface area (Å²) in [6.07, 6.45) is 3.50. The fourth-order valence-corrected chi connectivity index (χ4v) is 3.22. The molecule has 0 aromatic carbocycles. The van der Waals surface area contributed by atoms with Crippen molar-refractivity contribution in [3.05, 3.63) is 0 Å². The average Bonchev–Trinajstić information content (AvgIpc) is 2.28. The molecule has 3 rings (SSSR count). The van der Waals surface area contributed by atoms with Crippen molar-refractivity contribution < 1.29 is 19.4 Å². The number of methoxy groups -OCH3 is 1. The number of esters is 1. The van der Waals surface area contributed by atoms with Crippen molar-refractivity contribution in [3.63, 3.8) is 0 Å². The van der Waals surface area contributed by atoms with Crippen LogP contribution in [0.15, 0.2) is 0 Å². The zero-order valence-electron chi connectivity index (χ0n) is 8.81. The fraction of sp³-hybridized carbons (Fsp3) is 0.818. The van der Waals surface area contributed by atoms with Crippen molar-refractivity contribution in [2.24, 2.45) is 23.7 Å². The van der Waals surface area contributed by atoms with Crippen molar-refractivity contribution in [1.82, 2.24) is 0 Å². The molecule has 0 saturated heterocycles. The number of carbonyl (C=O) groups is 2. The molecule has 3 fully saturated rings. The van der Waals surface area contributed by atoms with E-state index in [-0.39, 0.29) is 23.7 Å². The second-order valence-electron chi connectivity index (χ2n) is 4.65. The Morgan fingerprint density at radius 1 is 1.20 bits per heavy atom. The number of carbonyl (C=O) groups excluding carboxylic acids is 1. The lowest BCUT2D eigenvalue weighted by molar-refractivity contribution is -0.160. The Morgan fingerprint density at radius 3 is 2.40 bits per heavy atom. The molecule has 0 heterocycles. The van der Waals surface area contributed by atoms with Crippen LogP contribution >= 0.6 is 0 Å². The summed E-state index contributed by atoms with van der Waals surface area (Å²) in [5, 5.41) is 9.08. The summed E-state index contributed by atoms with van der Waals surface area (Å²) >= 11 is 0. The number of carboxylic acid groups (broad SMARTS) is 1. The predicted octanol–water partition coefficient (Wildman–Crippen LogP) is 1.30. The van der Waals surface area contributed by atoms with Gasteiger partial charge in [0.05, 0.1) is 18.9 Å². The highest BCUT2D eigenvalue weighted by Gasteiger charge is 2.48. The van der Waals surface area contributed by atoms with Gasteiger partial charge < -0.3 is 9.84 Å². The largest absolute Gasteiger partial charge is 0.481 e. The molecular weight excluding hydrogens is 196 g/mol. The van der Waals surface area contributed by atoms with E-state index in [4.69, 9.17) is 9.84 Å². The molecule has 4 unspecified atom stereocenters. The molecule has 0 aromatic heterocycles. The van der Waals surface area contributed by atoms with Gasteiger partial charge in [-0.15, -0.1) is 0 Å². The van der Waals surface area contributed by atoms with Gasteiger partial charge in [-0.3, -0.25) is 9.59 Å². The van der Waals surface area contributed by atoms with Crippen LogP contribution in [0.4, 0.5) is 0 Å².